The zero-order valence-corrected chi connectivity index (χ0v) is 13.3. The Bertz CT molecular complexity index is 916. The summed E-state index contributed by atoms with van der Waals surface area (Å²) < 4.78 is 11.2. The molecule has 124 valence electrons. The first kappa shape index (κ1) is 15.1. The van der Waals surface area contributed by atoms with Gasteiger partial charge in [-0.3, -0.25) is 9.69 Å². The van der Waals surface area contributed by atoms with Gasteiger partial charge in [-0.15, -0.1) is 0 Å². The molecule has 2 aromatic carbocycles. The van der Waals surface area contributed by atoms with Gasteiger partial charge in [-0.05, 0) is 35.0 Å². The summed E-state index contributed by atoms with van der Waals surface area (Å²) in [7, 11) is 0. The molecule has 0 unspecified atom stereocenters. The lowest BCUT2D eigenvalue weighted by Crippen LogP contribution is -2.38. The molecule has 0 atom stereocenters. The Balaban J connectivity index is 1.52. The van der Waals surface area contributed by atoms with Gasteiger partial charge in [0, 0.05) is 19.6 Å². The molecule has 4 rings (SSSR count). The molecule has 0 bridgehead atoms. The highest BCUT2D eigenvalue weighted by Crippen LogP contribution is 2.24. The minimum absolute atomic E-state index is 0.118. The normalized spacial score (nSPS) is 15.8. The van der Waals surface area contributed by atoms with Crippen LogP contribution in [0.15, 0.2) is 41.5 Å². The molecule has 0 saturated carbocycles. The second kappa shape index (κ2) is 6.59. The van der Waals surface area contributed by atoms with Crippen LogP contribution >= 0.6 is 0 Å². The van der Waals surface area contributed by atoms with Crippen LogP contribution in [0.5, 0.6) is 5.75 Å². The molecule has 1 saturated heterocycles. The van der Waals surface area contributed by atoms with Crippen LogP contribution in [-0.2, 0) is 4.74 Å². The third-order valence-corrected chi connectivity index (χ3v) is 4.35. The highest BCUT2D eigenvalue weighted by atomic mass is 16.5. The Morgan fingerprint density at radius 1 is 1.17 bits per heavy atom. The van der Waals surface area contributed by atoms with Gasteiger partial charge >= 0.3 is 0 Å². The van der Waals surface area contributed by atoms with Crippen LogP contribution in [0.1, 0.15) is 0 Å². The fourth-order valence-electron chi connectivity index (χ4n) is 3.00. The van der Waals surface area contributed by atoms with Crippen molar-refractivity contribution >= 4 is 21.7 Å². The highest BCUT2D eigenvalue weighted by Gasteiger charge is 2.10. The van der Waals surface area contributed by atoms with Crippen LogP contribution in [0.3, 0.4) is 0 Å². The average molecular weight is 325 g/mol. The zero-order valence-electron chi connectivity index (χ0n) is 13.3. The molecule has 1 aliphatic rings. The minimum Gasteiger partial charge on any atom is -0.492 e. The Morgan fingerprint density at radius 2 is 2.04 bits per heavy atom. The van der Waals surface area contributed by atoms with Gasteiger partial charge in [0.1, 0.15) is 12.4 Å². The third-order valence-electron chi connectivity index (χ3n) is 4.35. The predicted octanol–water partition coefficient (Wildman–Crippen LogP) is 1.79. The van der Waals surface area contributed by atoms with Crippen molar-refractivity contribution in [3.63, 3.8) is 0 Å². The Morgan fingerprint density at radius 3 is 2.92 bits per heavy atom. The van der Waals surface area contributed by atoms with Crippen LogP contribution in [0.25, 0.3) is 21.7 Å². The van der Waals surface area contributed by atoms with Crippen LogP contribution in [0, 0.1) is 0 Å². The number of morpholine rings is 1. The molecule has 1 N–H and O–H groups in total. The largest absolute Gasteiger partial charge is 0.492 e. The number of benzene rings is 2. The van der Waals surface area contributed by atoms with Gasteiger partial charge in [0.2, 0.25) is 0 Å². The smallest absolute Gasteiger partial charge is 0.258 e. The number of nitrogens with zero attached hydrogens (tertiary/aromatic N) is 2. The van der Waals surface area contributed by atoms with Gasteiger partial charge in [0.05, 0.1) is 30.4 Å². The van der Waals surface area contributed by atoms with Crippen molar-refractivity contribution in [2.24, 2.45) is 0 Å². The quantitative estimate of drug-likeness (QED) is 0.741. The van der Waals surface area contributed by atoms with Gasteiger partial charge in [0.15, 0.2) is 0 Å². The molecule has 0 amide bonds. The number of H-pyrrole nitrogens is 1. The molecule has 1 fully saturated rings. The van der Waals surface area contributed by atoms with Crippen molar-refractivity contribution in [3.8, 4) is 5.75 Å². The van der Waals surface area contributed by atoms with Crippen molar-refractivity contribution in [1.29, 1.82) is 0 Å². The number of hydrogen-bond acceptors (Lipinski definition) is 5. The van der Waals surface area contributed by atoms with E-state index in [-0.39, 0.29) is 5.56 Å². The summed E-state index contributed by atoms with van der Waals surface area (Å²) in [5.41, 5.74) is 0.574. The topological polar surface area (TPSA) is 67.5 Å². The SMILES string of the molecule is O=c1[nH]cnc2cc3cc(OCCN4CCOCC4)ccc3cc12. The fraction of sp³-hybridized carbons (Fsp3) is 0.333. The lowest BCUT2D eigenvalue weighted by atomic mass is 10.1. The summed E-state index contributed by atoms with van der Waals surface area (Å²) in [5.74, 6) is 0.833. The van der Waals surface area contributed by atoms with Crippen LogP contribution in [0.2, 0.25) is 0 Å². The van der Waals surface area contributed by atoms with E-state index in [0.717, 1.165) is 49.4 Å². The molecule has 1 aromatic heterocycles. The standard InChI is InChI=1S/C18H19N3O3/c22-18-16-10-13-1-2-15(9-14(13)11-17(16)19-12-20-18)24-8-5-21-3-6-23-7-4-21/h1-2,9-12H,3-8H2,(H,19,20,22). The first-order valence-corrected chi connectivity index (χ1v) is 8.14. The number of ether oxygens (including phenoxy) is 2. The molecule has 1 aliphatic heterocycles. The number of rotatable bonds is 4. The van der Waals surface area contributed by atoms with E-state index in [0.29, 0.717) is 17.5 Å². The predicted molar refractivity (Wildman–Crippen MR) is 92.6 cm³/mol. The number of fused-ring (bicyclic) bond motifs is 2. The molecule has 0 aliphatic carbocycles. The molecular formula is C18H19N3O3. The van der Waals surface area contributed by atoms with E-state index in [9.17, 15) is 4.79 Å². The minimum atomic E-state index is -0.118. The van der Waals surface area contributed by atoms with Crippen molar-refractivity contribution in [2.45, 2.75) is 0 Å². The zero-order chi connectivity index (χ0) is 16.4. The molecule has 0 spiro atoms. The second-order valence-electron chi connectivity index (χ2n) is 5.91. The van der Waals surface area contributed by atoms with E-state index in [1.54, 1.807) is 0 Å². The summed E-state index contributed by atoms with van der Waals surface area (Å²) in [6, 6.07) is 9.71. The van der Waals surface area contributed by atoms with Crippen LogP contribution in [-0.4, -0.2) is 54.3 Å². The first-order valence-electron chi connectivity index (χ1n) is 8.14. The van der Waals surface area contributed by atoms with Crippen LogP contribution < -0.4 is 10.3 Å². The second-order valence-corrected chi connectivity index (χ2v) is 5.91. The molecule has 6 nitrogen and oxygen atoms in total. The van der Waals surface area contributed by atoms with E-state index in [1.807, 2.05) is 30.3 Å². The van der Waals surface area contributed by atoms with Gasteiger partial charge in [-0.2, -0.15) is 0 Å². The molecule has 2 heterocycles. The van der Waals surface area contributed by atoms with Crippen molar-refractivity contribution < 1.29 is 9.47 Å². The van der Waals surface area contributed by atoms with E-state index >= 15 is 0 Å². The Hall–Kier alpha value is -2.44. The van der Waals surface area contributed by atoms with Gasteiger partial charge in [0.25, 0.3) is 5.56 Å². The van der Waals surface area contributed by atoms with Crippen molar-refractivity contribution in [1.82, 2.24) is 14.9 Å². The maximum Gasteiger partial charge on any atom is 0.258 e. The number of aromatic amines is 1. The van der Waals surface area contributed by atoms with Gasteiger partial charge in [-0.25, -0.2) is 4.98 Å². The Kier molecular flexibility index (Phi) is 4.15. The molecule has 6 heteroatoms. The van der Waals surface area contributed by atoms with Gasteiger partial charge in [-0.1, -0.05) is 6.07 Å². The highest BCUT2D eigenvalue weighted by molar-refractivity contribution is 5.96. The van der Waals surface area contributed by atoms with Crippen LogP contribution in [0.4, 0.5) is 0 Å². The maximum absolute atomic E-state index is 11.8. The average Bonchev–Trinajstić information content (AvgIpc) is 2.61. The third kappa shape index (κ3) is 3.11. The summed E-state index contributed by atoms with van der Waals surface area (Å²) in [5, 5.41) is 2.62. The van der Waals surface area contributed by atoms with E-state index in [2.05, 4.69) is 14.9 Å². The lowest BCUT2D eigenvalue weighted by molar-refractivity contribution is 0.0322. The number of hydrogen-bond donors (Lipinski definition) is 1. The van der Waals surface area contributed by atoms with E-state index in [4.69, 9.17) is 9.47 Å². The van der Waals surface area contributed by atoms with Crippen molar-refractivity contribution in [2.75, 3.05) is 39.5 Å². The van der Waals surface area contributed by atoms with Crippen molar-refractivity contribution in [3.05, 3.63) is 47.0 Å². The summed E-state index contributed by atoms with van der Waals surface area (Å²) in [6.45, 7) is 5.08. The number of aromatic nitrogens is 2. The Labute approximate surface area is 139 Å². The fourth-order valence-corrected chi connectivity index (χ4v) is 3.00. The molecule has 0 radical (unpaired) electrons. The number of nitrogens with one attached hydrogen (secondary N) is 1. The van der Waals surface area contributed by atoms with Gasteiger partial charge < -0.3 is 14.5 Å². The summed E-state index contributed by atoms with van der Waals surface area (Å²) in [6.07, 6.45) is 1.43. The maximum atomic E-state index is 11.8. The lowest BCUT2D eigenvalue weighted by Gasteiger charge is -2.26. The summed E-state index contributed by atoms with van der Waals surface area (Å²) >= 11 is 0. The molecule has 3 aromatic rings. The van der Waals surface area contributed by atoms with E-state index in [1.165, 1.54) is 6.33 Å². The summed E-state index contributed by atoms with van der Waals surface area (Å²) in [4.78, 5) is 21.0. The monoisotopic (exact) mass is 325 g/mol. The molecule has 24 heavy (non-hydrogen) atoms. The first-order chi connectivity index (χ1) is 11.8. The van der Waals surface area contributed by atoms with E-state index < -0.39 is 0 Å². The molecular weight excluding hydrogens is 306 g/mol.